The van der Waals surface area contributed by atoms with Gasteiger partial charge in [-0.3, -0.25) is 14.5 Å². The molecule has 0 saturated carbocycles. The molecule has 1 aromatic heterocycles. The van der Waals surface area contributed by atoms with Crippen molar-refractivity contribution in [2.24, 2.45) is 0 Å². The molecule has 0 radical (unpaired) electrons. The molecule has 4 aromatic rings. The van der Waals surface area contributed by atoms with Gasteiger partial charge in [0.2, 0.25) is 5.13 Å². The van der Waals surface area contributed by atoms with E-state index in [-0.39, 0.29) is 32.4 Å². The number of aromatic hydroxyl groups is 1. The number of ether oxygens (including phenoxy) is 2. The molecule has 3 aromatic carbocycles. The number of amides is 1. The summed E-state index contributed by atoms with van der Waals surface area (Å²) in [5.41, 5.74) is 1.49. The number of carbonyl (C=O) groups is 2. The Balaban J connectivity index is 1.57. The zero-order chi connectivity index (χ0) is 30.7. The van der Waals surface area contributed by atoms with Crippen LogP contribution in [-0.2, 0) is 15.3 Å². The van der Waals surface area contributed by atoms with E-state index < -0.39 is 17.7 Å². The molecule has 2 N–H and O–H groups in total. The van der Waals surface area contributed by atoms with Crippen molar-refractivity contribution in [3.05, 3.63) is 92.4 Å². The Morgan fingerprint density at radius 2 is 1.88 bits per heavy atom. The SMILES string of the molecule is CCCOc1ccc(/C(O)=C2/C(=O)C(=O)N(c3nnc(SCc4ccccc4Cl)s3)C2c2cc(Br)c(O)c(OC)c2)cc1. The summed E-state index contributed by atoms with van der Waals surface area (Å²) < 4.78 is 11.8. The van der Waals surface area contributed by atoms with Gasteiger partial charge in [-0.25, -0.2) is 0 Å². The van der Waals surface area contributed by atoms with E-state index in [2.05, 4.69) is 26.1 Å². The molecule has 222 valence electrons. The minimum atomic E-state index is -1.10. The number of methoxy groups -OCH3 is 1. The van der Waals surface area contributed by atoms with Crippen LogP contribution in [0.5, 0.6) is 17.2 Å². The summed E-state index contributed by atoms with van der Waals surface area (Å²) in [4.78, 5) is 28.4. The number of anilines is 1. The van der Waals surface area contributed by atoms with Crippen molar-refractivity contribution in [1.82, 2.24) is 10.2 Å². The van der Waals surface area contributed by atoms with Crippen molar-refractivity contribution in [2.45, 2.75) is 29.5 Å². The van der Waals surface area contributed by atoms with Crippen LogP contribution >= 0.6 is 50.6 Å². The van der Waals surface area contributed by atoms with Gasteiger partial charge in [-0.2, -0.15) is 0 Å². The Hall–Kier alpha value is -3.58. The van der Waals surface area contributed by atoms with Crippen LogP contribution in [0.4, 0.5) is 5.13 Å². The van der Waals surface area contributed by atoms with Crippen LogP contribution in [-0.4, -0.2) is 45.8 Å². The summed E-state index contributed by atoms with van der Waals surface area (Å²) in [6, 6.07) is 16.0. The Morgan fingerprint density at radius 3 is 2.58 bits per heavy atom. The number of phenolic OH excluding ortho intramolecular Hbond substituents is 1. The van der Waals surface area contributed by atoms with Crippen LogP contribution in [0.2, 0.25) is 5.02 Å². The van der Waals surface area contributed by atoms with E-state index in [1.807, 2.05) is 25.1 Å². The van der Waals surface area contributed by atoms with Crippen molar-refractivity contribution >= 4 is 73.2 Å². The highest BCUT2D eigenvalue weighted by molar-refractivity contribution is 9.10. The molecule has 0 aliphatic carbocycles. The molecular formula is C30H25BrClN3O6S2. The number of aromatic nitrogens is 2. The number of Topliss-reactive ketones (excluding diaryl/α,β-unsaturated/α-hetero) is 1. The lowest BCUT2D eigenvalue weighted by Crippen LogP contribution is -2.29. The second-order valence-corrected chi connectivity index (χ2v) is 12.8. The molecular weight excluding hydrogens is 678 g/mol. The maximum Gasteiger partial charge on any atom is 0.301 e. The first-order chi connectivity index (χ1) is 20.7. The van der Waals surface area contributed by atoms with Crippen LogP contribution < -0.4 is 14.4 Å². The first-order valence-corrected chi connectivity index (χ1v) is 16.0. The predicted molar refractivity (Wildman–Crippen MR) is 170 cm³/mol. The first kappa shape index (κ1) is 30.9. The first-order valence-electron chi connectivity index (χ1n) is 13.0. The van der Waals surface area contributed by atoms with E-state index in [1.54, 1.807) is 36.4 Å². The molecule has 1 fully saturated rings. The normalized spacial score (nSPS) is 16.1. The number of hydrogen-bond acceptors (Lipinski definition) is 10. The van der Waals surface area contributed by atoms with Crippen molar-refractivity contribution in [2.75, 3.05) is 18.6 Å². The standard InChI is InChI=1S/C30H25BrClN3O6S2/c1-3-12-41-19-10-8-16(9-11-19)25(36)23-24(18-13-20(31)26(37)22(14-18)40-2)35(28(39)27(23)38)29-33-34-30(43-29)42-15-17-6-4-5-7-21(17)32/h4-11,13-14,24,36-37H,3,12,15H2,1-2H3/b25-23-. The lowest BCUT2D eigenvalue weighted by Gasteiger charge is -2.23. The van der Waals surface area contributed by atoms with E-state index in [0.717, 1.165) is 23.3 Å². The number of halogens is 2. The minimum Gasteiger partial charge on any atom is -0.507 e. The highest BCUT2D eigenvalue weighted by atomic mass is 79.9. The Kier molecular flexibility index (Phi) is 9.60. The van der Waals surface area contributed by atoms with Crippen LogP contribution in [0.15, 0.2) is 75.0 Å². The largest absolute Gasteiger partial charge is 0.507 e. The predicted octanol–water partition coefficient (Wildman–Crippen LogP) is 7.38. The molecule has 9 nitrogen and oxygen atoms in total. The molecule has 0 bridgehead atoms. The highest BCUT2D eigenvalue weighted by Crippen LogP contribution is 2.47. The Morgan fingerprint density at radius 1 is 1.14 bits per heavy atom. The van der Waals surface area contributed by atoms with E-state index >= 15 is 0 Å². The third-order valence-electron chi connectivity index (χ3n) is 6.54. The quantitative estimate of drug-likeness (QED) is 0.0573. The van der Waals surface area contributed by atoms with Gasteiger partial charge in [0, 0.05) is 16.3 Å². The van der Waals surface area contributed by atoms with E-state index in [4.69, 9.17) is 21.1 Å². The molecule has 1 atom stereocenters. The third kappa shape index (κ3) is 6.37. The molecule has 1 aliphatic heterocycles. The number of carbonyl (C=O) groups excluding carboxylic acids is 2. The van der Waals surface area contributed by atoms with Gasteiger partial charge in [-0.1, -0.05) is 59.8 Å². The van der Waals surface area contributed by atoms with Crippen molar-refractivity contribution in [3.8, 4) is 17.2 Å². The van der Waals surface area contributed by atoms with Gasteiger partial charge in [-0.05, 0) is 75.9 Å². The highest BCUT2D eigenvalue weighted by Gasteiger charge is 2.48. The number of ketones is 1. The molecule has 1 saturated heterocycles. The second kappa shape index (κ2) is 13.4. The summed E-state index contributed by atoms with van der Waals surface area (Å²) in [6.45, 7) is 2.53. The summed E-state index contributed by atoms with van der Waals surface area (Å²) in [5.74, 6) is -1.04. The average Bonchev–Trinajstić information content (AvgIpc) is 3.58. The topological polar surface area (TPSA) is 122 Å². The lowest BCUT2D eigenvalue weighted by atomic mass is 9.95. The average molecular weight is 703 g/mol. The van der Waals surface area contributed by atoms with Crippen LogP contribution in [0.3, 0.4) is 0 Å². The van der Waals surface area contributed by atoms with Gasteiger partial charge >= 0.3 is 5.91 Å². The van der Waals surface area contributed by atoms with E-state index in [0.29, 0.717) is 38.6 Å². The number of hydrogen-bond donors (Lipinski definition) is 2. The van der Waals surface area contributed by atoms with E-state index in [9.17, 15) is 19.8 Å². The fraction of sp³-hybridized carbons (Fsp3) is 0.200. The van der Waals surface area contributed by atoms with Gasteiger partial charge in [0.05, 0.1) is 29.8 Å². The number of phenols is 1. The van der Waals surface area contributed by atoms with Gasteiger partial charge in [-0.15, -0.1) is 10.2 Å². The number of benzene rings is 3. The molecule has 1 aliphatic rings. The van der Waals surface area contributed by atoms with Gasteiger partial charge in [0.15, 0.2) is 15.8 Å². The smallest absolute Gasteiger partial charge is 0.301 e. The number of aliphatic hydroxyl groups is 1. The zero-order valence-corrected chi connectivity index (χ0v) is 26.9. The summed E-state index contributed by atoms with van der Waals surface area (Å²) in [6.07, 6.45) is 0.836. The summed E-state index contributed by atoms with van der Waals surface area (Å²) in [5, 5.41) is 31.2. The number of rotatable bonds is 10. The molecule has 5 rings (SSSR count). The molecule has 1 unspecified atom stereocenters. The van der Waals surface area contributed by atoms with Crippen LogP contribution in [0.25, 0.3) is 5.76 Å². The Labute approximate surface area is 269 Å². The third-order valence-corrected chi connectivity index (χ3v) is 9.62. The van der Waals surface area contributed by atoms with E-state index in [1.165, 1.54) is 29.8 Å². The maximum absolute atomic E-state index is 13.6. The molecule has 43 heavy (non-hydrogen) atoms. The van der Waals surface area contributed by atoms with Crippen LogP contribution in [0.1, 0.15) is 36.1 Å². The Bertz CT molecular complexity index is 1710. The van der Waals surface area contributed by atoms with Gasteiger partial charge in [0.1, 0.15) is 11.5 Å². The monoisotopic (exact) mass is 701 g/mol. The molecule has 2 heterocycles. The lowest BCUT2D eigenvalue weighted by molar-refractivity contribution is -0.132. The zero-order valence-electron chi connectivity index (χ0n) is 22.9. The van der Waals surface area contributed by atoms with Crippen LogP contribution in [0, 0.1) is 0 Å². The van der Waals surface area contributed by atoms with Crippen molar-refractivity contribution in [3.63, 3.8) is 0 Å². The fourth-order valence-corrected chi connectivity index (χ4v) is 7.06. The van der Waals surface area contributed by atoms with Gasteiger partial charge < -0.3 is 19.7 Å². The van der Waals surface area contributed by atoms with Gasteiger partial charge in [0.25, 0.3) is 5.78 Å². The summed E-state index contributed by atoms with van der Waals surface area (Å²) in [7, 11) is 1.39. The molecule has 13 heteroatoms. The second-order valence-electron chi connectivity index (χ2n) is 9.33. The minimum absolute atomic E-state index is 0.112. The molecule has 0 spiro atoms. The fourth-order valence-electron chi connectivity index (χ4n) is 4.45. The molecule has 1 amide bonds. The summed E-state index contributed by atoms with van der Waals surface area (Å²) >= 11 is 12.1. The van der Waals surface area contributed by atoms with Crippen molar-refractivity contribution < 1.29 is 29.3 Å². The maximum atomic E-state index is 13.6. The van der Waals surface area contributed by atoms with Crippen molar-refractivity contribution in [1.29, 1.82) is 0 Å². The number of nitrogens with zero attached hydrogens (tertiary/aromatic N) is 3. The number of thioether (sulfide) groups is 1. The number of aliphatic hydroxyl groups excluding tert-OH is 1.